The standard InChI is InChI=1S/C7H11NO2/c1-6(10-3)4-7(5-9)8-2/h4,9H,1-2,5H2,3H3/b7-4-. The second-order valence-corrected chi connectivity index (χ2v) is 1.62. The largest absolute Gasteiger partial charge is 0.497 e. The lowest BCUT2D eigenvalue weighted by molar-refractivity contribution is 0.303. The van der Waals surface area contributed by atoms with Crippen molar-refractivity contribution in [2.24, 2.45) is 4.99 Å². The summed E-state index contributed by atoms with van der Waals surface area (Å²) in [4.78, 5) is 3.51. The van der Waals surface area contributed by atoms with Gasteiger partial charge in [-0.1, -0.05) is 6.58 Å². The van der Waals surface area contributed by atoms with E-state index in [0.717, 1.165) is 0 Å². The molecule has 0 unspecified atom stereocenters. The monoisotopic (exact) mass is 141 g/mol. The molecule has 0 aromatic carbocycles. The topological polar surface area (TPSA) is 41.8 Å². The number of hydrogen-bond acceptors (Lipinski definition) is 3. The van der Waals surface area contributed by atoms with E-state index in [2.05, 4.69) is 18.3 Å². The lowest BCUT2D eigenvalue weighted by atomic mass is 10.4. The highest BCUT2D eigenvalue weighted by Crippen LogP contribution is 2.00. The Labute approximate surface area is 60.4 Å². The second-order valence-electron chi connectivity index (χ2n) is 1.62. The molecule has 10 heavy (non-hydrogen) atoms. The van der Waals surface area contributed by atoms with Gasteiger partial charge in [0.1, 0.15) is 5.76 Å². The first-order chi connectivity index (χ1) is 4.74. The molecule has 0 heterocycles. The number of aliphatic hydroxyl groups is 1. The van der Waals surface area contributed by atoms with Gasteiger partial charge in [-0.3, -0.25) is 4.99 Å². The highest BCUT2D eigenvalue weighted by Gasteiger charge is 1.90. The molecular weight excluding hydrogens is 130 g/mol. The summed E-state index contributed by atoms with van der Waals surface area (Å²) >= 11 is 0. The first-order valence-corrected chi connectivity index (χ1v) is 2.75. The Morgan fingerprint density at radius 3 is 2.70 bits per heavy atom. The van der Waals surface area contributed by atoms with Crippen LogP contribution in [0.15, 0.2) is 29.1 Å². The maximum atomic E-state index is 8.57. The molecule has 3 nitrogen and oxygen atoms in total. The fourth-order valence-electron chi connectivity index (χ4n) is 0.386. The lowest BCUT2D eigenvalue weighted by Crippen LogP contribution is -1.88. The quantitative estimate of drug-likeness (QED) is 0.356. The van der Waals surface area contributed by atoms with Gasteiger partial charge in [-0.05, 0) is 6.72 Å². The molecule has 0 radical (unpaired) electrons. The summed E-state index contributed by atoms with van der Waals surface area (Å²) in [6, 6.07) is 0. The number of aliphatic hydroxyl groups excluding tert-OH is 1. The highest BCUT2D eigenvalue weighted by atomic mass is 16.5. The molecule has 0 bridgehead atoms. The number of methoxy groups -OCH3 is 1. The molecule has 0 aliphatic carbocycles. The Morgan fingerprint density at radius 2 is 2.40 bits per heavy atom. The Kier molecular flexibility index (Phi) is 4.24. The lowest BCUT2D eigenvalue weighted by Gasteiger charge is -1.97. The highest BCUT2D eigenvalue weighted by molar-refractivity contribution is 5.30. The Balaban J connectivity index is 4.09. The van der Waals surface area contributed by atoms with Crippen LogP contribution in [0.1, 0.15) is 0 Å². The maximum absolute atomic E-state index is 8.57. The summed E-state index contributed by atoms with van der Waals surface area (Å²) in [5.41, 5.74) is 0.451. The normalized spacial score (nSPS) is 10.8. The van der Waals surface area contributed by atoms with Crippen LogP contribution in [0.2, 0.25) is 0 Å². The second kappa shape index (κ2) is 4.76. The van der Waals surface area contributed by atoms with Gasteiger partial charge in [0.2, 0.25) is 0 Å². The maximum Gasteiger partial charge on any atom is 0.113 e. The summed E-state index contributed by atoms with van der Waals surface area (Å²) in [6.45, 7) is 6.61. The van der Waals surface area contributed by atoms with Crippen LogP contribution in [0, 0.1) is 0 Å². The zero-order valence-electron chi connectivity index (χ0n) is 6.00. The fraction of sp³-hybridized carbons (Fsp3) is 0.286. The van der Waals surface area contributed by atoms with E-state index in [-0.39, 0.29) is 6.61 Å². The predicted molar refractivity (Wildman–Crippen MR) is 40.9 cm³/mol. The van der Waals surface area contributed by atoms with E-state index in [9.17, 15) is 0 Å². The average Bonchev–Trinajstić information content (AvgIpc) is 1.99. The van der Waals surface area contributed by atoms with E-state index in [1.165, 1.54) is 13.2 Å². The van der Waals surface area contributed by atoms with Crippen molar-refractivity contribution in [2.45, 2.75) is 0 Å². The zero-order chi connectivity index (χ0) is 7.98. The van der Waals surface area contributed by atoms with Crippen LogP contribution in [-0.4, -0.2) is 25.5 Å². The Hall–Kier alpha value is -1.09. The molecule has 1 N–H and O–H groups in total. The molecule has 0 aromatic heterocycles. The predicted octanol–water partition coefficient (Wildman–Crippen LogP) is 0.723. The Bertz CT molecular complexity index is 161. The van der Waals surface area contributed by atoms with Crippen LogP contribution < -0.4 is 0 Å². The minimum atomic E-state index is -0.147. The molecule has 0 aromatic rings. The van der Waals surface area contributed by atoms with E-state index in [0.29, 0.717) is 11.5 Å². The van der Waals surface area contributed by atoms with Crippen LogP contribution in [0.5, 0.6) is 0 Å². The molecule has 0 saturated heterocycles. The summed E-state index contributed by atoms with van der Waals surface area (Å²) < 4.78 is 4.71. The molecule has 0 aliphatic rings. The van der Waals surface area contributed by atoms with Crippen molar-refractivity contribution in [1.29, 1.82) is 0 Å². The number of nitrogens with zero attached hydrogens (tertiary/aromatic N) is 1. The Morgan fingerprint density at radius 1 is 1.80 bits per heavy atom. The molecular formula is C7H11NO2. The molecule has 0 fully saturated rings. The van der Waals surface area contributed by atoms with Crippen LogP contribution in [-0.2, 0) is 4.74 Å². The number of allylic oxidation sites excluding steroid dienone is 1. The summed E-state index contributed by atoms with van der Waals surface area (Å²) in [5, 5.41) is 8.57. The van der Waals surface area contributed by atoms with Crippen molar-refractivity contribution in [3.8, 4) is 0 Å². The smallest absolute Gasteiger partial charge is 0.113 e. The van der Waals surface area contributed by atoms with Crippen molar-refractivity contribution in [2.75, 3.05) is 13.7 Å². The molecule has 56 valence electrons. The van der Waals surface area contributed by atoms with E-state index in [1.807, 2.05) is 0 Å². The van der Waals surface area contributed by atoms with Gasteiger partial charge in [-0.25, -0.2) is 0 Å². The van der Waals surface area contributed by atoms with Gasteiger partial charge in [0.15, 0.2) is 0 Å². The van der Waals surface area contributed by atoms with E-state index in [1.54, 1.807) is 0 Å². The molecule has 0 atom stereocenters. The average molecular weight is 141 g/mol. The van der Waals surface area contributed by atoms with Crippen LogP contribution >= 0.6 is 0 Å². The summed E-state index contributed by atoms with van der Waals surface area (Å²) in [7, 11) is 1.50. The van der Waals surface area contributed by atoms with Crippen molar-refractivity contribution in [3.63, 3.8) is 0 Å². The molecule has 0 aliphatic heterocycles. The minimum absolute atomic E-state index is 0.147. The number of hydrogen-bond donors (Lipinski definition) is 1. The van der Waals surface area contributed by atoms with Crippen LogP contribution in [0.25, 0.3) is 0 Å². The van der Waals surface area contributed by atoms with Gasteiger partial charge >= 0.3 is 0 Å². The number of ether oxygens (including phenoxy) is 1. The zero-order valence-corrected chi connectivity index (χ0v) is 6.00. The van der Waals surface area contributed by atoms with E-state index >= 15 is 0 Å². The fourth-order valence-corrected chi connectivity index (χ4v) is 0.386. The van der Waals surface area contributed by atoms with Gasteiger partial charge in [-0.15, -0.1) is 0 Å². The summed E-state index contributed by atoms with van der Waals surface area (Å²) in [5.74, 6) is 0.455. The van der Waals surface area contributed by atoms with E-state index < -0.39 is 0 Å². The van der Waals surface area contributed by atoms with Crippen LogP contribution in [0.3, 0.4) is 0 Å². The van der Waals surface area contributed by atoms with Gasteiger partial charge in [-0.2, -0.15) is 0 Å². The third-order valence-electron chi connectivity index (χ3n) is 0.955. The van der Waals surface area contributed by atoms with Gasteiger partial charge in [0, 0.05) is 6.08 Å². The first kappa shape index (κ1) is 8.91. The summed E-state index contributed by atoms with van der Waals surface area (Å²) in [6.07, 6.45) is 1.52. The van der Waals surface area contributed by atoms with Crippen molar-refractivity contribution < 1.29 is 9.84 Å². The molecule has 0 spiro atoms. The van der Waals surface area contributed by atoms with Crippen molar-refractivity contribution in [1.82, 2.24) is 0 Å². The number of rotatable bonds is 4. The first-order valence-electron chi connectivity index (χ1n) is 2.75. The molecule has 3 heteroatoms. The third-order valence-corrected chi connectivity index (χ3v) is 0.955. The van der Waals surface area contributed by atoms with Crippen molar-refractivity contribution >= 4 is 6.72 Å². The van der Waals surface area contributed by atoms with Crippen molar-refractivity contribution in [3.05, 3.63) is 24.1 Å². The SMILES string of the molecule is C=N/C(=C\C(=C)OC)CO. The molecule has 0 rings (SSSR count). The van der Waals surface area contributed by atoms with Gasteiger partial charge < -0.3 is 9.84 Å². The van der Waals surface area contributed by atoms with Gasteiger partial charge in [0.05, 0.1) is 19.4 Å². The van der Waals surface area contributed by atoms with Gasteiger partial charge in [0.25, 0.3) is 0 Å². The number of aliphatic imine (C=N–C) groups is 1. The van der Waals surface area contributed by atoms with E-state index in [4.69, 9.17) is 9.84 Å². The molecule has 0 amide bonds. The third kappa shape index (κ3) is 3.04. The van der Waals surface area contributed by atoms with Crippen LogP contribution in [0.4, 0.5) is 0 Å². The molecule has 0 saturated carbocycles. The minimum Gasteiger partial charge on any atom is -0.497 e.